The number of benzene rings is 3. The zero-order valence-corrected chi connectivity index (χ0v) is 20.5. The first-order valence-electron chi connectivity index (χ1n) is 10.4. The van der Waals surface area contributed by atoms with E-state index in [0.717, 1.165) is 19.5 Å². The van der Waals surface area contributed by atoms with Crippen LogP contribution in [0.1, 0.15) is 27.1 Å². The van der Waals surface area contributed by atoms with E-state index < -0.39 is 17.6 Å². The van der Waals surface area contributed by atoms with Crippen LogP contribution < -0.4 is 14.9 Å². The van der Waals surface area contributed by atoms with Gasteiger partial charge in [-0.25, -0.2) is 8.70 Å². The number of hydrogen-bond acceptors (Lipinski definition) is 5. The quantitative estimate of drug-likeness (QED) is 0.385. The van der Waals surface area contributed by atoms with Gasteiger partial charge in [-0.3, -0.25) is 9.59 Å². The molecule has 0 aromatic heterocycles. The topological polar surface area (TPSA) is 64.7 Å². The molecule has 1 fully saturated rings. The first-order valence-corrected chi connectivity index (χ1v) is 11.9. The summed E-state index contributed by atoms with van der Waals surface area (Å²) in [6, 6.07) is 15.6. The zero-order chi connectivity index (χ0) is 24.2. The minimum absolute atomic E-state index is 0.0847. The van der Waals surface area contributed by atoms with Crippen molar-refractivity contribution in [1.82, 2.24) is 4.31 Å². The lowest BCUT2D eigenvalue weighted by molar-refractivity contribution is 0.101. The van der Waals surface area contributed by atoms with E-state index in [-0.39, 0.29) is 10.6 Å². The molecule has 6 nitrogen and oxygen atoms in total. The summed E-state index contributed by atoms with van der Waals surface area (Å²) in [5.74, 6) is -1.63. The molecule has 0 unspecified atom stereocenters. The Morgan fingerprint density at radius 2 is 1.79 bits per heavy atom. The lowest BCUT2D eigenvalue weighted by Crippen LogP contribution is -2.31. The molecule has 0 aliphatic carbocycles. The largest absolute Gasteiger partial charge is 0.322 e. The van der Waals surface area contributed by atoms with E-state index in [0.29, 0.717) is 27.6 Å². The average molecular weight is 519 g/mol. The SMILES string of the molecule is CN1CCCN(c2ccc(C(=O)Nc3ccc(Cl)c(NC(=O)c4cccc(Cl)c4)c3)c(F)c2)S1. The Bertz CT molecular complexity index is 1240. The summed E-state index contributed by atoms with van der Waals surface area (Å²) < 4.78 is 18.9. The third-order valence-electron chi connectivity index (χ3n) is 5.12. The summed E-state index contributed by atoms with van der Waals surface area (Å²) in [6.07, 6.45) is 0.972. The van der Waals surface area contributed by atoms with Gasteiger partial charge in [0.15, 0.2) is 0 Å². The van der Waals surface area contributed by atoms with Crippen LogP contribution in [0.25, 0.3) is 0 Å². The van der Waals surface area contributed by atoms with E-state index in [4.69, 9.17) is 23.2 Å². The van der Waals surface area contributed by atoms with Crippen molar-refractivity contribution in [2.45, 2.75) is 6.42 Å². The molecule has 34 heavy (non-hydrogen) atoms. The van der Waals surface area contributed by atoms with Crippen molar-refractivity contribution < 1.29 is 14.0 Å². The van der Waals surface area contributed by atoms with E-state index in [1.165, 1.54) is 42.5 Å². The maximum atomic E-state index is 14.8. The van der Waals surface area contributed by atoms with Crippen molar-refractivity contribution in [1.29, 1.82) is 0 Å². The van der Waals surface area contributed by atoms with Crippen molar-refractivity contribution in [3.8, 4) is 0 Å². The molecule has 3 aromatic rings. The highest BCUT2D eigenvalue weighted by molar-refractivity contribution is 7.98. The summed E-state index contributed by atoms with van der Waals surface area (Å²) in [5.41, 5.74) is 1.62. The van der Waals surface area contributed by atoms with Crippen LogP contribution in [0.15, 0.2) is 60.7 Å². The van der Waals surface area contributed by atoms with Crippen LogP contribution >= 0.6 is 35.3 Å². The van der Waals surface area contributed by atoms with Crippen LogP contribution in [-0.2, 0) is 0 Å². The molecule has 10 heteroatoms. The van der Waals surface area contributed by atoms with Gasteiger partial charge < -0.3 is 14.9 Å². The normalized spacial score (nSPS) is 14.1. The average Bonchev–Trinajstić information content (AvgIpc) is 2.81. The standard InChI is InChI=1S/C24H21Cl2FN4O2S/c1-30-10-3-11-31(34-30)18-7-8-19(21(27)14-18)24(33)28-17-6-9-20(26)22(13-17)29-23(32)15-4-2-5-16(25)12-15/h2,4-9,12-14H,3,10-11H2,1H3,(H,28,33)(H,29,32). The number of carbonyl (C=O) groups is 2. The number of nitrogens with zero attached hydrogens (tertiary/aromatic N) is 2. The van der Waals surface area contributed by atoms with Gasteiger partial charge in [0, 0.05) is 41.5 Å². The maximum Gasteiger partial charge on any atom is 0.258 e. The summed E-state index contributed by atoms with van der Waals surface area (Å²) >= 11 is 13.7. The summed E-state index contributed by atoms with van der Waals surface area (Å²) in [6.45, 7) is 1.77. The van der Waals surface area contributed by atoms with Crippen molar-refractivity contribution in [2.75, 3.05) is 35.1 Å². The smallest absolute Gasteiger partial charge is 0.258 e. The molecule has 0 bridgehead atoms. The van der Waals surface area contributed by atoms with Crippen LogP contribution in [-0.4, -0.2) is 36.3 Å². The van der Waals surface area contributed by atoms with E-state index >= 15 is 0 Å². The molecular formula is C24H21Cl2FN4O2S. The van der Waals surface area contributed by atoms with Gasteiger partial charge in [0.1, 0.15) is 5.82 Å². The highest BCUT2D eigenvalue weighted by atomic mass is 35.5. The van der Waals surface area contributed by atoms with Gasteiger partial charge in [-0.2, -0.15) is 0 Å². The van der Waals surface area contributed by atoms with E-state index in [1.54, 1.807) is 30.3 Å². The second-order valence-electron chi connectivity index (χ2n) is 7.67. The van der Waals surface area contributed by atoms with Crippen LogP contribution in [0.4, 0.5) is 21.5 Å². The van der Waals surface area contributed by atoms with Crippen LogP contribution in [0, 0.1) is 5.82 Å². The Morgan fingerprint density at radius 1 is 0.971 bits per heavy atom. The molecule has 1 aliphatic rings. The number of hydrogen-bond donors (Lipinski definition) is 2. The first kappa shape index (κ1) is 24.3. The van der Waals surface area contributed by atoms with E-state index in [9.17, 15) is 14.0 Å². The Kier molecular flexibility index (Phi) is 7.63. The van der Waals surface area contributed by atoms with Crippen LogP contribution in [0.3, 0.4) is 0 Å². The molecule has 1 heterocycles. The van der Waals surface area contributed by atoms with Gasteiger partial charge in [0.25, 0.3) is 11.8 Å². The molecule has 1 aliphatic heterocycles. The number of nitrogens with one attached hydrogen (secondary N) is 2. The third kappa shape index (κ3) is 5.82. The number of anilines is 3. The summed E-state index contributed by atoms with van der Waals surface area (Å²) in [7, 11) is 1.98. The van der Waals surface area contributed by atoms with Crippen molar-refractivity contribution in [3.05, 3.63) is 87.7 Å². The molecule has 4 rings (SSSR count). The minimum Gasteiger partial charge on any atom is -0.322 e. The van der Waals surface area contributed by atoms with Crippen molar-refractivity contribution in [3.63, 3.8) is 0 Å². The molecule has 1 saturated heterocycles. The van der Waals surface area contributed by atoms with Crippen LogP contribution in [0.5, 0.6) is 0 Å². The predicted octanol–water partition coefficient (Wildman–Crippen LogP) is 6.34. The Labute approximate surface area is 211 Å². The lowest BCUT2D eigenvalue weighted by atomic mass is 10.1. The van der Waals surface area contributed by atoms with Gasteiger partial charge in [0.05, 0.1) is 22.0 Å². The lowest BCUT2D eigenvalue weighted by Gasteiger charge is -2.32. The van der Waals surface area contributed by atoms with Crippen molar-refractivity contribution >= 4 is 64.2 Å². The van der Waals surface area contributed by atoms with Crippen molar-refractivity contribution in [2.24, 2.45) is 0 Å². The second-order valence-corrected chi connectivity index (χ2v) is 9.74. The molecule has 176 valence electrons. The molecule has 3 aromatic carbocycles. The Balaban J connectivity index is 1.47. The van der Waals surface area contributed by atoms with Gasteiger partial charge in [0.2, 0.25) is 0 Å². The molecule has 2 N–H and O–H groups in total. The van der Waals surface area contributed by atoms with Crippen LogP contribution in [0.2, 0.25) is 10.0 Å². The summed E-state index contributed by atoms with van der Waals surface area (Å²) in [5, 5.41) is 6.07. The van der Waals surface area contributed by atoms with E-state index in [2.05, 4.69) is 14.9 Å². The number of rotatable bonds is 5. The van der Waals surface area contributed by atoms with Gasteiger partial charge >= 0.3 is 0 Å². The minimum atomic E-state index is -0.618. The van der Waals surface area contributed by atoms with Gasteiger partial charge in [-0.15, -0.1) is 0 Å². The predicted molar refractivity (Wildman–Crippen MR) is 137 cm³/mol. The zero-order valence-electron chi connectivity index (χ0n) is 18.1. The fraction of sp³-hybridized carbons (Fsp3) is 0.167. The highest BCUT2D eigenvalue weighted by Crippen LogP contribution is 2.30. The molecule has 0 atom stereocenters. The number of carbonyl (C=O) groups excluding carboxylic acids is 2. The second kappa shape index (κ2) is 10.7. The van der Waals surface area contributed by atoms with Gasteiger partial charge in [-0.1, -0.05) is 29.3 Å². The molecule has 0 spiro atoms. The summed E-state index contributed by atoms with van der Waals surface area (Å²) in [4.78, 5) is 25.3. The monoisotopic (exact) mass is 518 g/mol. The number of halogens is 3. The maximum absolute atomic E-state index is 14.8. The first-order chi connectivity index (χ1) is 16.3. The van der Waals surface area contributed by atoms with Gasteiger partial charge in [-0.05, 0) is 68.1 Å². The van der Waals surface area contributed by atoms with E-state index in [1.807, 2.05) is 11.4 Å². The Morgan fingerprint density at radius 3 is 2.53 bits per heavy atom. The molecule has 0 radical (unpaired) electrons. The molecule has 2 amide bonds. The third-order valence-corrected chi connectivity index (χ3v) is 6.73. The fourth-order valence-corrected chi connectivity index (χ4v) is 4.75. The highest BCUT2D eigenvalue weighted by Gasteiger charge is 2.20. The molecule has 0 saturated carbocycles. The Hall–Kier alpha value is -2.78. The number of amides is 2. The fourth-order valence-electron chi connectivity index (χ4n) is 3.43. The molecular weight excluding hydrogens is 498 g/mol.